The van der Waals surface area contributed by atoms with Crippen molar-refractivity contribution in [3.8, 4) is 0 Å². The minimum absolute atomic E-state index is 0. The molecule has 0 aliphatic rings. The largest absolute Gasteiger partial charge is 1.00 e. The Bertz CT molecular complexity index is 350. The Balaban J connectivity index is 0. The van der Waals surface area contributed by atoms with Gasteiger partial charge < -0.3 is 1.43 Å². The first kappa shape index (κ1) is 12.5. The molecule has 0 unspecified atom stereocenters. The van der Waals surface area contributed by atoms with E-state index in [-0.39, 0.29) is 31.0 Å². The van der Waals surface area contributed by atoms with E-state index in [0.29, 0.717) is 5.69 Å². The SMILES string of the molecule is Cc1nc(CS(=O)(=O)O)cs1.[H-].[Na+]. The number of nitrogens with zero attached hydrogens (tertiary/aromatic N) is 1. The number of rotatable bonds is 2. The van der Waals surface area contributed by atoms with Crippen molar-refractivity contribution in [2.75, 3.05) is 0 Å². The topological polar surface area (TPSA) is 67.3 Å². The van der Waals surface area contributed by atoms with Crippen LogP contribution in [0.2, 0.25) is 0 Å². The predicted molar refractivity (Wildman–Crippen MR) is 43.2 cm³/mol. The number of aromatic nitrogens is 1. The molecule has 0 spiro atoms. The average molecular weight is 217 g/mol. The van der Waals surface area contributed by atoms with Gasteiger partial charge in [0, 0.05) is 5.38 Å². The van der Waals surface area contributed by atoms with Crippen molar-refractivity contribution in [1.29, 1.82) is 0 Å². The second-order valence-corrected chi connectivity index (χ2v) is 4.60. The molecule has 1 N–H and O–H groups in total. The predicted octanol–water partition coefficient (Wildman–Crippen LogP) is -2.04. The normalized spacial score (nSPS) is 10.8. The first-order valence-corrected chi connectivity index (χ1v) is 5.32. The van der Waals surface area contributed by atoms with Gasteiger partial charge in [-0.1, -0.05) is 0 Å². The molecule has 0 saturated carbocycles. The van der Waals surface area contributed by atoms with Gasteiger partial charge in [0.2, 0.25) is 0 Å². The Hall–Kier alpha value is 0.540. The van der Waals surface area contributed by atoms with Crippen LogP contribution < -0.4 is 29.6 Å². The standard InChI is InChI=1S/C5H7NO3S2.Na.H/c1-4-6-5(2-10-4)3-11(7,8)9;;/h2H,3H2,1H3,(H,7,8,9);;/q;+1;-1. The van der Waals surface area contributed by atoms with E-state index in [0.717, 1.165) is 5.01 Å². The zero-order chi connectivity index (χ0) is 8.48. The maximum absolute atomic E-state index is 10.3. The van der Waals surface area contributed by atoms with E-state index < -0.39 is 15.9 Å². The molecule has 0 radical (unpaired) electrons. The molecule has 4 nitrogen and oxygen atoms in total. The Morgan fingerprint density at radius 3 is 2.67 bits per heavy atom. The summed E-state index contributed by atoms with van der Waals surface area (Å²) < 4.78 is 29.1. The van der Waals surface area contributed by atoms with Crippen molar-refractivity contribution < 1.29 is 44.0 Å². The molecule has 0 saturated heterocycles. The van der Waals surface area contributed by atoms with Crippen LogP contribution in [-0.2, 0) is 15.9 Å². The maximum Gasteiger partial charge on any atom is 1.00 e. The first-order chi connectivity index (χ1) is 4.97. The average Bonchev–Trinajstić information content (AvgIpc) is 2.10. The van der Waals surface area contributed by atoms with Crippen LogP contribution >= 0.6 is 11.3 Å². The van der Waals surface area contributed by atoms with E-state index >= 15 is 0 Å². The van der Waals surface area contributed by atoms with E-state index in [1.54, 1.807) is 12.3 Å². The molecule has 1 heterocycles. The van der Waals surface area contributed by atoms with Crippen LogP contribution in [0.3, 0.4) is 0 Å². The molecule has 1 rings (SSSR count). The van der Waals surface area contributed by atoms with Crippen LogP contribution in [0.5, 0.6) is 0 Å². The molecular formula is C5H8NNaO3S2. The quantitative estimate of drug-likeness (QED) is 0.457. The van der Waals surface area contributed by atoms with E-state index in [1.807, 2.05) is 0 Å². The zero-order valence-electron chi connectivity index (χ0n) is 7.81. The Morgan fingerprint density at radius 1 is 1.75 bits per heavy atom. The number of aryl methyl sites for hydroxylation is 1. The van der Waals surface area contributed by atoms with Crippen LogP contribution in [-0.4, -0.2) is 18.0 Å². The first-order valence-electron chi connectivity index (χ1n) is 2.83. The summed E-state index contributed by atoms with van der Waals surface area (Å²) in [5.41, 5.74) is 0.398. The fourth-order valence-corrected chi connectivity index (χ4v) is 1.90. The monoisotopic (exact) mass is 217 g/mol. The minimum Gasteiger partial charge on any atom is -1.00 e. The molecule has 1 aromatic rings. The molecule has 12 heavy (non-hydrogen) atoms. The van der Waals surface area contributed by atoms with Gasteiger partial charge in [-0.3, -0.25) is 4.55 Å². The summed E-state index contributed by atoms with van der Waals surface area (Å²) in [5, 5.41) is 2.41. The maximum atomic E-state index is 10.3. The fraction of sp³-hybridized carbons (Fsp3) is 0.400. The summed E-state index contributed by atoms with van der Waals surface area (Å²) in [6.45, 7) is 1.78. The van der Waals surface area contributed by atoms with Crippen molar-refractivity contribution in [3.63, 3.8) is 0 Å². The second-order valence-electron chi connectivity index (χ2n) is 2.08. The summed E-state index contributed by atoms with van der Waals surface area (Å²) in [6.07, 6.45) is 0. The van der Waals surface area contributed by atoms with Gasteiger partial charge in [0.05, 0.1) is 10.7 Å². The smallest absolute Gasteiger partial charge is 1.00 e. The van der Waals surface area contributed by atoms with Gasteiger partial charge in [-0.2, -0.15) is 8.42 Å². The van der Waals surface area contributed by atoms with Crippen molar-refractivity contribution in [2.24, 2.45) is 0 Å². The van der Waals surface area contributed by atoms with Crippen molar-refractivity contribution >= 4 is 21.5 Å². The summed E-state index contributed by atoms with van der Waals surface area (Å²) in [7, 11) is -3.92. The van der Waals surface area contributed by atoms with Crippen LogP contribution in [0, 0.1) is 6.92 Å². The molecule has 0 aliphatic carbocycles. The zero-order valence-corrected chi connectivity index (χ0v) is 10.4. The number of hydrogen-bond donors (Lipinski definition) is 1. The molecule has 1 aromatic heterocycles. The molecular weight excluding hydrogens is 209 g/mol. The van der Waals surface area contributed by atoms with E-state index in [2.05, 4.69) is 4.98 Å². The molecule has 7 heteroatoms. The van der Waals surface area contributed by atoms with Crippen LogP contribution in [0.15, 0.2) is 5.38 Å². The molecule has 0 aliphatic heterocycles. The van der Waals surface area contributed by atoms with Gasteiger partial charge in [0.1, 0.15) is 5.75 Å². The minimum atomic E-state index is -3.92. The second kappa shape index (κ2) is 4.69. The van der Waals surface area contributed by atoms with Gasteiger partial charge in [-0.05, 0) is 6.92 Å². The Kier molecular flexibility index (Phi) is 4.90. The Labute approximate surface area is 98.5 Å². The van der Waals surface area contributed by atoms with Gasteiger partial charge >= 0.3 is 29.6 Å². The molecule has 0 bridgehead atoms. The summed E-state index contributed by atoms with van der Waals surface area (Å²) >= 11 is 1.36. The van der Waals surface area contributed by atoms with Gasteiger partial charge in [-0.25, -0.2) is 4.98 Å². The fourth-order valence-electron chi connectivity index (χ4n) is 0.661. The third kappa shape index (κ3) is 4.54. The third-order valence-electron chi connectivity index (χ3n) is 0.997. The summed E-state index contributed by atoms with van der Waals surface area (Å²) in [5.74, 6) is -0.392. The van der Waals surface area contributed by atoms with Gasteiger partial charge in [-0.15, -0.1) is 11.3 Å². The Morgan fingerprint density at radius 2 is 2.33 bits per heavy atom. The molecule has 0 atom stereocenters. The van der Waals surface area contributed by atoms with Crippen molar-refractivity contribution in [2.45, 2.75) is 12.7 Å². The van der Waals surface area contributed by atoms with E-state index in [4.69, 9.17) is 4.55 Å². The number of hydrogen-bond acceptors (Lipinski definition) is 4. The van der Waals surface area contributed by atoms with Crippen LogP contribution in [0.25, 0.3) is 0 Å². The van der Waals surface area contributed by atoms with Crippen LogP contribution in [0.1, 0.15) is 12.1 Å². The van der Waals surface area contributed by atoms with Gasteiger partial charge in [0.25, 0.3) is 10.1 Å². The van der Waals surface area contributed by atoms with E-state index in [1.165, 1.54) is 11.3 Å². The van der Waals surface area contributed by atoms with E-state index in [9.17, 15) is 8.42 Å². The van der Waals surface area contributed by atoms with Crippen LogP contribution in [0.4, 0.5) is 0 Å². The van der Waals surface area contributed by atoms with Gasteiger partial charge in [0.15, 0.2) is 0 Å². The van der Waals surface area contributed by atoms with Crippen molar-refractivity contribution in [3.05, 3.63) is 16.1 Å². The third-order valence-corrected chi connectivity index (χ3v) is 2.48. The molecule has 64 valence electrons. The number of thiazole rings is 1. The summed E-state index contributed by atoms with van der Waals surface area (Å²) in [6, 6.07) is 0. The summed E-state index contributed by atoms with van der Waals surface area (Å²) in [4.78, 5) is 3.88. The molecule has 0 amide bonds. The molecule has 0 aromatic carbocycles. The molecule has 0 fully saturated rings. The van der Waals surface area contributed by atoms with Crippen molar-refractivity contribution in [1.82, 2.24) is 4.98 Å².